The lowest BCUT2D eigenvalue weighted by molar-refractivity contribution is 0.104. The van der Waals surface area contributed by atoms with Crippen molar-refractivity contribution in [1.29, 1.82) is 0 Å². The molecule has 3 rings (SSSR count). The highest BCUT2D eigenvalue weighted by molar-refractivity contribution is 5.31. The quantitative estimate of drug-likeness (QED) is 0.932. The van der Waals surface area contributed by atoms with Gasteiger partial charge in [0.25, 0.3) is 0 Å². The van der Waals surface area contributed by atoms with Crippen molar-refractivity contribution in [2.24, 2.45) is 0 Å². The largest absolute Gasteiger partial charge is 0.481 e. The Bertz CT molecular complexity index is 634. The van der Waals surface area contributed by atoms with Crippen LogP contribution >= 0.6 is 0 Å². The van der Waals surface area contributed by atoms with Crippen LogP contribution in [0.2, 0.25) is 0 Å². The van der Waals surface area contributed by atoms with E-state index in [-0.39, 0.29) is 5.82 Å². The summed E-state index contributed by atoms with van der Waals surface area (Å²) in [4.78, 5) is 10.5. The van der Waals surface area contributed by atoms with Gasteiger partial charge in [-0.25, -0.2) is 14.4 Å². The van der Waals surface area contributed by atoms with E-state index >= 15 is 0 Å². The molecule has 1 aliphatic rings. The van der Waals surface area contributed by atoms with E-state index < -0.39 is 6.10 Å². The summed E-state index contributed by atoms with van der Waals surface area (Å²) in [5.41, 5.74) is 2.69. The number of aliphatic hydroxyl groups excluding tert-OH is 1. The van der Waals surface area contributed by atoms with Gasteiger partial charge in [0, 0.05) is 31.6 Å². The van der Waals surface area contributed by atoms with Crippen LogP contribution in [0.15, 0.2) is 30.6 Å². The van der Waals surface area contributed by atoms with Gasteiger partial charge >= 0.3 is 0 Å². The second kappa shape index (κ2) is 6.37. The van der Waals surface area contributed by atoms with Crippen molar-refractivity contribution < 1.29 is 14.2 Å². The molecule has 0 aliphatic carbocycles. The van der Waals surface area contributed by atoms with Gasteiger partial charge in [0.1, 0.15) is 12.1 Å². The maximum absolute atomic E-state index is 12.9. The fourth-order valence-corrected chi connectivity index (χ4v) is 2.74. The van der Waals surface area contributed by atoms with Crippen molar-refractivity contribution in [1.82, 2.24) is 14.9 Å². The van der Waals surface area contributed by atoms with Crippen LogP contribution in [0, 0.1) is 5.82 Å². The summed E-state index contributed by atoms with van der Waals surface area (Å²) in [6.07, 6.45) is 1.66. The highest BCUT2D eigenvalue weighted by Crippen LogP contribution is 2.25. The topological polar surface area (TPSA) is 58.5 Å². The van der Waals surface area contributed by atoms with Crippen LogP contribution in [0.4, 0.5) is 4.39 Å². The Morgan fingerprint density at radius 2 is 2.09 bits per heavy atom. The number of benzene rings is 1. The van der Waals surface area contributed by atoms with E-state index in [0.29, 0.717) is 24.5 Å². The summed E-state index contributed by atoms with van der Waals surface area (Å²) >= 11 is 0. The molecule has 0 saturated heterocycles. The fraction of sp³-hybridized carbons (Fsp3) is 0.375. The van der Waals surface area contributed by atoms with Crippen LogP contribution in [0.3, 0.4) is 0 Å². The Kier molecular flexibility index (Phi) is 4.31. The zero-order chi connectivity index (χ0) is 15.5. The second-order valence-electron chi connectivity index (χ2n) is 5.36. The van der Waals surface area contributed by atoms with E-state index in [1.165, 1.54) is 18.5 Å². The zero-order valence-corrected chi connectivity index (χ0v) is 12.4. The fourth-order valence-electron chi connectivity index (χ4n) is 2.74. The molecule has 0 saturated carbocycles. The first kappa shape index (κ1) is 14.9. The van der Waals surface area contributed by atoms with Gasteiger partial charge < -0.3 is 9.84 Å². The number of hydrogen-bond acceptors (Lipinski definition) is 5. The van der Waals surface area contributed by atoms with Crippen LogP contribution in [0.1, 0.15) is 22.9 Å². The highest BCUT2D eigenvalue weighted by atomic mass is 19.1. The van der Waals surface area contributed by atoms with Gasteiger partial charge in [-0.15, -0.1) is 0 Å². The molecule has 1 N–H and O–H groups in total. The molecule has 0 spiro atoms. The summed E-state index contributed by atoms with van der Waals surface area (Å²) in [7, 11) is 1.59. The van der Waals surface area contributed by atoms with E-state index in [2.05, 4.69) is 14.9 Å². The molecule has 1 aromatic carbocycles. The summed E-state index contributed by atoms with van der Waals surface area (Å²) in [5.74, 6) is 0.288. The van der Waals surface area contributed by atoms with Crippen LogP contribution in [-0.4, -0.2) is 40.2 Å². The molecule has 1 unspecified atom stereocenters. The smallest absolute Gasteiger partial charge is 0.220 e. The minimum absolute atomic E-state index is 0.301. The standard InChI is InChI=1S/C16H18FN3O2/c1-22-16-13-8-20(7-6-14(13)18-10-19-16)9-15(21)11-2-4-12(17)5-3-11/h2-5,10,15,21H,6-9H2,1H3. The summed E-state index contributed by atoms with van der Waals surface area (Å²) < 4.78 is 18.2. The molecular weight excluding hydrogens is 285 g/mol. The number of halogens is 1. The third-order valence-corrected chi connectivity index (χ3v) is 3.92. The van der Waals surface area contributed by atoms with E-state index in [1.54, 1.807) is 19.2 Å². The molecule has 2 heterocycles. The monoisotopic (exact) mass is 303 g/mol. The molecule has 2 aromatic rings. The van der Waals surface area contributed by atoms with Crippen molar-refractivity contribution in [2.45, 2.75) is 19.1 Å². The van der Waals surface area contributed by atoms with Gasteiger partial charge in [-0.1, -0.05) is 12.1 Å². The van der Waals surface area contributed by atoms with E-state index in [4.69, 9.17) is 4.74 Å². The number of β-amino-alcohol motifs (C(OH)–C–C–N with tert-alkyl or cyclic N) is 1. The summed E-state index contributed by atoms with van der Waals surface area (Å²) in [6, 6.07) is 5.95. The third-order valence-electron chi connectivity index (χ3n) is 3.92. The average Bonchev–Trinajstić information content (AvgIpc) is 2.54. The first-order chi connectivity index (χ1) is 10.7. The molecule has 0 fully saturated rings. The molecular formula is C16H18FN3O2. The van der Waals surface area contributed by atoms with E-state index in [1.807, 2.05) is 0 Å². The van der Waals surface area contributed by atoms with Gasteiger partial charge in [0.15, 0.2) is 0 Å². The SMILES string of the molecule is COc1ncnc2c1CN(CC(O)c1ccc(F)cc1)CC2. The number of nitrogens with zero attached hydrogens (tertiary/aromatic N) is 3. The summed E-state index contributed by atoms with van der Waals surface area (Å²) in [6.45, 7) is 1.92. The van der Waals surface area contributed by atoms with E-state index in [9.17, 15) is 9.50 Å². The number of ether oxygens (including phenoxy) is 1. The van der Waals surface area contributed by atoms with Crippen LogP contribution < -0.4 is 4.74 Å². The number of aromatic nitrogens is 2. The zero-order valence-electron chi connectivity index (χ0n) is 12.4. The number of hydrogen-bond donors (Lipinski definition) is 1. The molecule has 0 bridgehead atoms. The number of aliphatic hydroxyl groups is 1. The molecule has 1 atom stereocenters. The third kappa shape index (κ3) is 3.08. The molecule has 6 heteroatoms. The average molecular weight is 303 g/mol. The Morgan fingerprint density at radius 1 is 1.32 bits per heavy atom. The number of rotatable bonds is 4. The normalized spacial score (nSPS) is 16.1. The lowest BCUT2D eigenvalue weighted by Gasteiger charge is -2.30. The van der Waals surface area contributed by atoms with Crippen molar-refractivity contribution in [3.05, 3.63) is 53.2 Å². The maximum Gasteiger partial charge on any atom is 0.220 e. The van der Waals surface area contributed by atoms with Gasteiger partial charge in [-0.2, -0.15) is 0 Å². The van der Waals surface area contributed by atoms with Crippen LogP contribution in [-0.2, 0) is 13.0 Å². The van der Waals surface area contributed by atoms with Gasteiger partial charge in [0.2, 0.25) is 5.88 Å². The first-order valence-electron chi connectivity index (χ1n) is 7.20. The minimum atomic E-state index is -0.655. The second-order valence-corrected chi connectivity index (χ2v) is 5.36. The van der Waals surface area contributed by atoms with E-state index in [0.717, 1.165) is 24.2 Å². The van der Waals surface area contributed by atoms with Crippen molar-refractivity contribution in [2.75, 3.05) is 20.2 Å². The Labute approximate surface area is 128 Å². The first-order valence-corrected chi connectivity index (χ1v) is 7.20. The lowest BCUT2D eigenvalue weighted by atomic mass is 10.0. The number of fused-ring (bicyclic) bond motifs is 1. The Balaban J connectivity index is 1.71. The molecule has 22 heavy (non-hydrogen) atoms. The molecule has 5 nitrogen and oxygen atoms in total. The Hall–Kier alpha value is -2.05. The molecule has 0 amide bonds. The predicted octanol–water partition coefficient (Wildman–Crippen LogP) is 1.72. The van der Waals surface area contributed by atoms with Crippen LogP contribution in [0.25, 0.3) is 0 Å². The maximum atomic E-state index is 12.9. The van der Waals surface area contributed by atoms with Crippen molar-refractivity contribution in [3.8, 4) is 5.88 Å². The van der Waals surface area contributed by atoms with Crippen LogP contribution in [0.5, 0.6) is 5.88 Å². The predicted molar refractivity (Wildman–Crippen MR) is 78.9 cm³/mol. The molecule has 116 valence electrons. The van der Waals surface area contributed by atoms with Crippen molar-refractivity contribution >= 4 is 0 Å². The summed E-state index contributed by atoms with van der Waals surface area (Å²) in [5, 5.41) is 10.3. The van der Waals surface area contributed by atoms with Gasteiger partial charge in [-0.05, 0) is 17.7 Å². The minimum Gasteiger partial charge on any atom is -0.481 e. The van der Waals surface area contributed by atoms with Crippen molar-refractivity contribution in [3.63, 3.8) is 0 Å². The lowest BCUT2D eigenvalue weighted by Crippen LogP contribution is -2.34. The molecule has 1 aliphatic heterocycles. The Morgan fingerprint density at radius 3 is 2.82 bits per heavy atom. The van der Waals surface area contributed by atoms with Gasteiger partial charge in [0.05, 0.1) is 18.9 Å². The molecule has 0 radical (unpaired) electrons. The number of methoxy groups -OCH3 is 1. The highest BCUT2D eigenvalue weighted by Gasteiger charge is 2.23. The molecule has 1 aromatic heterocycles. The van der Waals surface area contributed by atoms with Gasteiger partial charge in [-0.3, -0.25) is 4.90 Å².